The standard InChI is InChI=1S/C14H21N/c1-5-10-7-6-8-11-9-12(14(2,3)4)15-13(10)11/h6-8,12,15H,5,9H2,1-4H3. The van der Waals surface area contributed by atoms with Gasteiger partial charge in [0.2, 0.25) is 0 Å². The minimum atomic E-state index is 0.337. The molecule has 1 aliphatic rings. The van der Waals surface area contributed by atoms with Crippen molar-refractivity contribution in [2.75, 3.05) is 5.32 Å². The first-order valence-electron chi connectivity index (χ1n) is 5.89. The number of anilines is 1. The number of fused-ring (bicyclic) bond motifs is 1. The minimum Gasteiger partial charge on any atom is -0.381 e. The second-order valence-corrected chi connectivity index (χ2v) is 5.57. The quantitative estimate of drug-likeness (QED) is 0.735. The Kier molecular flexibility index (Phi) is 2.49. The molecule has 1 heterocycles. The van der Waals surface area contributed by atoms with Gasteiger partial charge >= 0.3 is 0 Å². The summed E-state index contributed by atoms with van der Waals surface area (Å²) in [7, 11) is 0. The average Bonchev–Trinajstić information content (AvgIpc) is 2.59. The largest absolute Gasteiger partial charge is 0.381 e. The van der Waals surface area contributed by atoms with Crippen LogP contribution in [0.5, 0.6) is 0 Å². The van der Waals surface area contributed by atoms with Crippen molar-refractivity contribution in [3.63, 3.8) is 0 Å². The number of aryl methyl sites for hydroxylation is 1. The maximum atomic E-state index is 3.69. The van der Waals surface area contributed by atoms with Crippen molar-refractivity contribution >= 4 is 5.69 Å². The fourth-order valence-electron chi connectivity index (χ4n) is 2.27. The highest BCUT2D eigenvalue weighted by molar-refractivity contribution is 5.62. The molecular weight excluding hydrogens is 182 g/mol. The molecule has 0 bridgehead atoms. The summed E-state index contributed by atoms with van der Waals surface area (Å²) >= 11 is 0. The first kappa shape index (κ1) is 10.5. The number of hydrogen-bond donors (Lipinski definition) is 1. The fourth-order valence-corrected chi connectivity index (χ4v) is 2.27. The van der Waals surface area contributed by atoms with Gasteiger partial charge in [-0.3, -0.25) is 0 Å². The highest BCUT2D eigenvalue weighted by atomic mass is 15.0. The van der Waals surface area contributed by atoms with E-state index in [1.54, 1.807) is 0 Å². The van der Waals surface area contributed by atoms with E-state index >= 15 is 0 Å². The Morgan fingerprint density at radius 3 is 2.67 bits per heavy atom. The lowest BCUT2D eigenvalue weighted by Crippen LogP contribution is -2.31. The lowest BCUT2D eigenvalue weighted by atomic mass is 9.85. The Balaban J connectivity index is 2.31. The Hall–Kier alpha value is -0.980. The van der Waals surface area contributed by atoms with Crippen LogP contribution in [0.4, 0.5) is 5.69 Å². The molecule has 1 N–H and O–H groups in total. The Morgan fingerprint density at radius 2 is 2.07 bits per heavy atom. The summed E-state index contributed by atoms with van der Waals surface area (Å²) in [6, 6.07) is 7.26. The molecule has 0 radical (unpaired) electrons. The summed E-state index contributed by atoms with van der Waals surface area (Å²) in [4.78, 5) is 0. The predicted molar refractivity (Wildman–Crippen MR) is 66.4 cm³/mol. The first-order chi connectivity index (χ1) is 7.02. The summed E-state index contributed by atoms with van der Waals surface area (Å²) in [5, 5.41) is 3.69. The molecule has 1 aromatic carbocycles. The number of rotatable bonds is 1. The molecule has 1 aliphatic heterocycles. The van der Waals surface area contributed by atoms with Crippen molar-refractivity contribution in [3.05, 3.63) is 29.3 Å². The lowest BCUT2D eigenvalue weighted by Gasteiger charge is -2.27. The normalized spacial score (nSPS) is 19.9. The topological polar surface area (TPSA) is 12.0 Å². The van der Waals surface area contributed by atoms with E-state index in [2.05, 4.69) is 51.2 Å². The third-order valence-electron chi connectivity index (χ3n) is 3.41. The molecule has 0 amide bonds. The van der Waals surface area contributed by atoms with E-state index in [4.69, 9.17) is 0 Å². The molecule has 1 atom stereocenters. The van der Waals surface area contributed by atoms with Gasteiger partial charge < -0.3 is 5.32 Å². The summed E-state index contributed by atoms with van der Waals surface area (Å²) in [5.74, 6) is 0. The number of nitrogens with one attached hydrogen (secondary N) is 1. The number of hydrogen-bond acceptors (Lipinski definition) is 1. The van der Waals surface area contributed by atoms with Crippen LogP contribution in [0, 0.1) is 5.41 Å². The van der Waals surface area contributed by atoms with Gasteiger partial charge in [-0.15, -0.1) is 0 Å². The SMILES string of the molecule is CCc1cccc2c1NC(C(C)(C)C)C2. The van der Waals surface area contributed by atoms with Crippen LogP contribution in [0.2, 0.25) is 0 Å². The van der Waals surface area contributed by atoms with Crippen molar-refractivity contribution in [1.82, 2.24) is 0 Å². The van der Waals surface area contributed by atoms with Gasteiger partial charge in [0.1, 0.15) is 0 Å². The van der Waals surface area contributed by atoms with Crippen LogP contribution >= 0.6 is 0 Å². The van der Waals surface area contributed by atoms with Crippen LogP contribution in [-0.2, 0) is 12.8 Å². The molecule has 0 aromatic heterocycles. The highest BCUT2D eigenvalue weighted by Crippen LogP contribution is 2.36. The summed E-state index contributed by atoms with van der Waals surface area (Å²) in [6.07, 6.45) is 2.29. The van der Waals surface area contributed by atoms with Crippen molar-refractivity contribution < 1.29 is 0 Å². The van der Waals surface area contributed by atoms with E-state index in [-0.39, 0.29) is 0 Å². The van der Waals surface area contributed by atoms with Crippen LogP contribution in [0.25, 0.3) is 0 Å². The lowest BCUT2D eigenvalue weighted by molar-refractivity contribution is 0.347. The van der Waals surface area contributed by atoms with Gasteiger partial charge in [0.25, 0.3) is 0 Å². The predicted octanol–water partition coefficient (Wildman–Crippen LogP) is 3.63. The van der Waals surface area contributed by atoms with Gasteiger partial charge in [0.15, 0.2) is 0 Å². The number of benzene rings is 1. The van der Waals surface area contributed by atoms with Crippen molar-refractivity contribution in [2.45, 2.75) is 46.6 Å². The monoisotopic (exact) mass is 203 g/mol. The van der Waals surface area contributed by atoms with E-state index in [9.17, 15) is 0 Å². The van der Waals surface area contributed by atoms with Gasteiger partial charge in [-0.25, -0.2) is 0 Å². The van der Waals surface area contributed by atoms with E-state index in [1.807, 2.05) is 0 Å². The smallest absolute Gasteiger partial charge is 0.0408 e. The zero-order chi connectivity index (χ0) is 11.1. The average molecular weight is 203 g/mol. The minimum absolute atomic E-state index is 0.337. The van der Waals surface area contributed by atoms with Crippen LogP contribution in [0.3, 0.4) is 0 Å². The zero-order valence-corrected chi connectivity index (χ0v) is 10.2. The molecule has 0 spiro atoms. The molecule has 0 saturated heterocycles. The third kappa shape index (κ3) is 1.88. The van der Waals surface area contributed by atoms with E-state index in [0.29, 0.717) is 11.5 Å². The molecule has 0 aliphatic carbocycles. The molecule has 1 heteroatoms. The Morgan fingerprint density at radius 1 is 1.33 bits per heavy atom. The molecule has 82 valence electrons. The van der Waals surface area contributed by atoms with Crippen molar-refractivity contribution in [2.24, 2.45) is 5.41 Å². The zero-order valence-electron chi connectivity index (χ0n) is 10.2. The molecule has 1 unspecified atom stereocenters. The first-order valence-corrected chi connectivity index (χ1v) is 5.89. The van der Waals surface area contributed by atoms with E-state index in [0.717, 1.165) is 6.42 Å². The second kappa shape index (κ2) is 3.55. The summed E-state index contributed by atoms with van der Waals surface area (Å²) in [5.41, 5.74) is 4.69. The van der Waals surface area contributed by atoms with Crippen molar-refractivity contribution in [1.29, 1.82) is 0 Å². The Labute approximate surface area is 92.9 Å². The van der Waals surface area contributed by atoms with Crippen LogP contribution in [0.15, 0.2) is 18.2 Å². The summed E-state index contributed by atoms with van der Waals surface area (Å²) < 4.78 is 0. The van der Waals surface area contributed by atoms with Gasteiger partial charge in [-0.2, -0.15) is 0 Å². The molecule has 1 nitrogen and oxygen atoms in total. The molecule has 1 aromatic rings. The van der Waals surface area contributed by atoms with Crippen molar-refractivity contribution in [3.8, 4) is 0 Å². The molecule has 2 rings (SSSR count). The van der Waals surface area contributed by atoms with Crippen LogP contribution in [-0.4, -0.2) is 6.04 Å². The van der Waals surface area contributed by atoms with Gasteiger partial charge in [-0.05, 0) is 29.4 Å². The van der Waals surface area contributed by atoms with Crippen LogP contribution < -0.4 is 5.32 Å². The molecular formula is C14H21N. The fraction of sp³-hybridized carbons (Fsp3) is 0.571. The summed E-state index contributed by atoms with van der Waals surface area (Å²) in [6.45, 7) is 9.15. The Bertz CT molecular complexity index is 360. The highest BCUT2D eigenvalue weighted by Gasteiger charge is 2.31. The van der Waals surface area contributed by atoms with E-state index in [1.165, 1.54) is 23.2 Å². The maximum absolute atomic E-state index is 3.69. The molecule has 0 saturated carbocycles. The van der Waals surface area contributed by atoms with Gasteiger partial charge in [0, 0.05) is 11.7 Å². The van der Waals surface area contributed by atoms with Gasteiger partial charge in [-0.1, -0.05) is 45.9 Å². The maximum Gasteiger partial charge on any atom is 0.0408 e. The third-order valence-corrected chi connectivity index (χ3v) is 3.41. The second-order valence-electron chi connectivity index (χ2n) is 5.57. The number of para-hydroxylation sites is 1. The van der Waals surface area contributed by atoms with Gasteiger partial charge in [0.05, 0.1) is 0 Å². The molecule has 0 fully saturated rings. The van der Waals surface area contributed by atoms with E-state index < -0.39 is 0 Å². The molecule has 15 heavy (non-hydrogen) atoms. The van der Waals surface area contributed by atoms with Crippen LogP contribution in [0.1, 0.15) is 38.8 Å².